The van der Waals surface area contributed by atoms with E-state index in [1.807, 2.05) is 31.2 Å². The zero-order chi connectivity index (χ0) is 16.6. The van der Waals surface area contributed by atoms with Crippen molar-refractivity contribution in [1.82, 2.24) is 15.2 Å². The molecule has 23 heavy (non-hydrogen) atoms. The molecule has 1 aromatic rings. The van der Waals surface area contributed by atoms with Crippen LogP contribution in [0.25, 0.3) is 0 Å². The number of carbonyl (C=O) groups excluding carboxylic acids is 1. The maximum absolute atomic E-state index is 12.5. The number of piperidine rings is 1. The first-order valence-electron chi connectivity index (χ1n) is 8.49. The van der Waals surface area contributed by atoms with E-state index in [-0.39, 0.29) is 12.1 Å². The molecular weight excluding hydrogens is 310 g/mol. The van der Waals surface area contributed by atoms with Crippen molar-refractivity contribution >= 4 is 17.4 Å². The molecule has 128 valence electrons. The molecule has 0 radical (unpaired) electrons. The smallest absolute Gasteiger partial charge is 0.410 e. The molecule has 0 aliphatic carbocycles. The first-order valence-corrected chi connectivity index (χ1v) is 9.43. The molecule has 3 rings (SSSR count). The van der Waals surface area contributed by atoms with Crippen molar-refractivity contribution in [2.24, 2.45) is 0 Å². The monoisotopic (exact) mass is 337 g/mol. The SMILES string of the molecule is CC(NC1CC2CCC(C1)N2C(=O)OC(C)(C)C)c1cscn1. The molecule has 2 fully saturated rings. The van der Waals surface area contributed by atoms with Crippen LogP contribution in [0.3, 0.4) is 0 Å². The van der Waals surface area contributed by atoms with Crippen LogP contribution in [-0.2, 0) is 4.74 Å². The van der Waals surface area contributed by atoms with E-state index in [9.17, 15) is 4.79 Å². The first kappa shape index (κ1) is 16.7. The molecule has 3 unspecified atom stereocenters. The average molecular weight is 337 g/mol. The van der Waals surface area contributed by atoms with E-state index >= 15 is 0 Å². The summed E-state index contributed by atoms with van der Waals surface area (Å²) in [4.78, 5) is 18.9. The minimum Gasteiger partial charge on any atom is -0.444 e. The van der Waals surface area contributed by atoms with Gasteiger partial charge >= 0.3 is 6.09 Å². The lowest BCUT2D eigenvalue weighted by atomic mass is 9.97. The molecule has 3 heterocycles. The first-order chi connectivity index (χ1) is 10.8. The van der Waals surface area contributed by atoms with Crippen LogP contribution in [-0.4, -0.2) is 39.7 Å². The molecule has 0 saturated carbocycles. The van der Waals surface area contributed by atoms with Crippen LogP contribution in [0.2, 0.25) is 0 Å². The third kappa shape index (κ3) is 3.86. The summed E-state index contributed by atoms with van der Waals surface area (Å²) >= 11 is 1.63. The summed E-state index contributed by atoms with van der Waals surface area (Å²) in [6.07, 6.45) is 4.05. The standard InChI is InChI=1S/C17H27N3O2S/c1-11(15-9-23-10-18-15)19-12-7-13-5-6-14(8-12)20(13)16(21)22-17(2,3)4/h9-14,19H,5-8H2,1-4H3. The summed E-state index contributed by atoms with van der Waals surface area (Å²) in [5.41, 5.74) is 2.56. The summed E-state index contributed by atoms with van der Waals surface area (Å²) in [6.45, 7) is 7.95. The summed E-state index contributed by atoms with van der Waals surface area (Å²) < 4.78 is 5.59. The van der Waals surface area contributed by atoms with Crippen LogP contribution in [0.1, 0.15) is 65.1 Å². The second-order valence-electron chi connectivity index (χ2n) is 7.74. The lowest BCUT2D eigenvalue weighted by Crippen LogP contribution is -2.52. The summed E-state index contributed by atoms with van der Waals surface area (Å²) in [5, 5.41) is 5.79. The van der Waals surface area contributed by atoms with Crippen molar-refractivity contribution in [3.63, 3.8) is 0 Å². The number of carbonyl (C=O) groups is 1. The molecule has 0 aromatic carbocycles. The molecular formula is C17H27N3O2S. The fourth-order valence-corrected chi connectivity index (χ4v) is 4.45. The zero-order valence-electron chi connectivity index (χ0n) is 14.4. The van der Waals surface area contributed by atoms with Gasteiger partial charge in [0.2, 0.25) is 0 Å². The van der Waals surface area contributed by atoms with Crippen molar-refractivity contribution in [2.45, 2.75) is 83.1 Å². The van der Waals surface area contributed by atoms with Gasteiger partial charge in [0, 0.05) is 29.5 Å². The van der Waals surface area contributed by atoms with Crippen LogP contribution in [0, 0.1) is 0 Å². The maximum Gasteiger partial charge on any atom is 0.410 e. The number of ether oxygens (including phenoxy) is 1. The Hall–Kier alpha value is -1.14. The van der Waals surface area contributed by atoms with Crippen molar-refractivity contribution in [1.29, 1.82) is 0 Å². The predicted molar refractivity (Wildman–Crippen MR) is 91.6 cm³/mol. The van der Waals surface area contributed by atoms with E-state index in [0.717, 1.165) is 31.4 Å². The number of aromatic nitrogens is 1. The molecule has 2 bridgehead atoms. The number of nitrogens with one attached hydrogen (secondary N) is 1. The van der Waals surface area contributed by atoms with Gasteiger partial charge in [0.05, 0.1) is 11.2 Å². The van der Waals surface area contributed by atoms with E-state index in [1.165, 1.54) is 0 Å². The number of amides is 1. The van der Waals surface area contributed by atoms with E-state index in [0.29, 0.717) is 18.1 Å². The minimum atomic E-state index is -0.426. The van der Waals surface area contributed by atoms with Gasteiger partial charge in [-0.05, 0) is 53.4 Å². The third-order valence-electron chi connectivity index (χ3n) is 4.72. The summed E-state index contributed by atoms with van der Waals surface area (Å²) in [7, 11) is 0. The molecule has 6 heteroatoms. The van der Waals surface area contributed by atoms with Crippen LogP contribution in [0.5, 0.6) is 0 Å². The van der Waals surface area contributed by atoms with Crippen LogP contribution >= 0.6 is 11.3 Å². The van der Waals surface area contributed by atoms with Gasteiger partial charge in [0.15, 0.2) is 0 Å². The van der Waals surface area contributed by atoms with Crippen molar-refractivity contribution in [2.75, 3.05) is 0 Å². The quantitative estimate of drug-likeness (QED) is 0.913. The second kappa shape index (κ2) is 6.40. The molecule has 1 aromatic heterocycles. The third-order valence-corrected chi connectivity index (χ3v) is 5.32. The molecule has 5 nitrogen and oxygen atoms in total. The molecule has 2 aliphatic rings. The van der Waals surface area contributed by atoms with Gasteiger partial charge in [-0.2, -0.15) is 0 Å². The van der Waals surface area contributed by atoms with E-state index in [2.05, 4.69) is 22.6 Å². The summed E-state index contributed by atoms with van der Waals surface area (Å²) in [6, 6.07) is 1.33. The number of hydrogen-bond acceptors (Lipinski definition) is 5. The number of nitrogens with zero attached hydrogens (tertiary/aromatic N) is 2. The second-order valence-corrected chi connectivity index (χ2v) is 8.46. The maximum atomic E-state index is 12.5. The highest BCUT2D eigenvalue weighted by Crippen LogP contribution is 2.37. The van der Waals surface area contributed by atoms with Crippen LogP contribution in [0.15, 0.2) is 10.9 Å². The highest BCUT2D eigenvalue weighted by atomic mass is 32.1. The number of thiazole rings is 1. The summed E-state index contributed by atoms with van der Waals surface area (Å²) in [5.74, 6) is 0. The molecule has 2 aliphatic heterocycles. The Bertz CT molecular complexity index is 527. The van der Waals surface area contributed by atoms with E-state index < -0.39 is 5.60 Å². The Morgan fingerprint density at radius 1 is 1.39 bits per heavy atom. The van der Waals surface area contributed by atoms with Gasteiger partial charge in [-0.1, -0.05) is 0 Å². The van der Waals surface area contributed by atoms with Gasteiger partial charge in [0.1, 0.15) is 5.60 Å². The molecule has 1 N–H and O–H groups in total. The molecule has 2 saturated heterocycles. The van der Waals surface area contributed by atoms with E-state index in [4.69, 9.17) is 4.74 Å². The van der Waals surface area contributed by atoms with Gasteiger partial charge in [0.25, 0.3) is 0 Å². The van der Waals surface area contributed by atoms with Gasteiger partial charge in [-0.15, -0.1) is 11.3 Å². The Kier molecular flexibility index (Phi) is 4.65. The normalized spacial score (nSPS) is 28.7. The highest BCUT2D eigenvalue weighted by molar-refractivity contribution is 7.07. The van der Waals surface area contributed by atoms with Crippen LogP contribution < -0.4 is 5.32 Å². The number of rotatable bonds is 3. The zero-order valence-corrected chi connectivity index (χ0v) is 15.2. The average Bonchev–Trinajstić information content (AvgIpc) is 3.04. The number of hydrogen-bond donors (Lipinski definition) is 1. The molecule has 3 atom stereocenters. The fourth-order valence-electron chi connectivity index (χ4n) is 3.80. The van der Waals surface area contributed by atoms with Gasteiger partial charge < -0.3 is 15.0 Å². The largest absolute Gasteiger partial charge is 0.444 e. The van der Waals surface area contributed by atoms with Crippen molar-refractivity contribution in [3.05, 3.63) is 16.6 Å². The topological polar surface area (TPSA) is 54.5 Å². The van der Waals surface area contributed by atoms with Gasteiger partial charge in [-0.3, -0.25) is 0 Å². The van der Waals surface area contributed by atoms with E-state index in [1.54, 1.807) is 11.3 Å². The van der Waals surface area contributed by atoms with Crippen LogP contribution in [0.4, 0.5) is 4.79 Å². The molecule has 0 spiro atoms. The fraction of sp³-hybridized carbons (Fsp3) is 0.765. The number of fused-ring (bicyclic) bond motifs is 2. The Morgan fingerprint density at radius 2 is 2.04 bits per heavy atom. The Labute approximate surface area is 142 Å². The van der Waals surface area contributed by atoms with Crippen molar-refractivity contribution in [3.8, 4) is 0 Å². The van der Waals surface area contributed by atoms with Gasteiger partial charge in [-0.25, -0.2) is 9.78 Å². The van der Waals surface area contributed by atoms with Crippen molar-refractivity contribution < 1.29 is 9.53 Å². The Balaban J connectivity index is 1.59. The Morgan fingerprint density at radius 3 is 2.57 bits per heavy atom. The predicted octanol–water partition coefficient (Wildman–Crippen LogP) is 3.72. The molecule has 1 amide bonds. The lowest BCUT2D eigenvalue weighted by molar-refractivity contribution is 0.00433. The minimum absolute atomic E-state index is 0.143. The highest BCUT2D eigenvalue weighted by Gasteiger charge is 2.45. The lowest BCUT2D eigenvalue weighted by Gasteiger charge is -2.40.